The maximum Gasteiger partial charge on any atom is 0.412 e. The number of amides is 1. The lowest BCUT2D eigenvalue weighted by Crippen LogP contribution is -2.27. The van der Waals surface area contributed by atoms with Crippen molar-refractivity contribution in [1.29, 1.82) is 0 Å². The van der Waals surface area contributed by atoms with Crippen LogP contribution in [0.1, 0.15) is 20.8 Å². The van der Waals surface area contributed by atoms with Crippen molar-refractivity contribution in [3.05, 3.63) is 53.0 Å². The molecule has 5 heteroatoms. The Hall–Kier alpha value is -2.01. The molecule has 0 unspecified atom stereocenters. The van der Waals surface area contributed by atoms with Gasteiger partial charge in [-0.1, -0.05) is 18.2 Å². The van der Waals surface area contributed by atoms with Gasteiger partial charge in [-0.15, -0.1) is 0 Å². The summed E-state index contributed by atoms with van der Waals surface area (Å²) in [7, 11) is 0. The van der Waals surface area contributed by atoms with Gasteiger partial charge in [0.1, 0.15) is 17.1 Å². The summed E-state index contributed by atoms with van der Waals surface area (Å²) in [5, 5.41) is 2.68. The zero-order valence-corrected chi connectivity index (χ0v) is 14.3. The number of hydrogen-bond acceptors (Lipinski definition) is 3. The van der Waals surface area contributed by atoms with E-state index in [2.05, 4.69) is 21.2 Å². The first-order valence-electron chi connectivity index (χ1n) is 6.86. The molecule has 0 spiro atoms. The molecule has 0 aromatic heterocycles. The molecule has 1 amide bonds. The third-order valence-electron chi connectivity index (χ3n) is 2.55. The highest BCUT2D eigenvalue weighted by Crippen LogP contribution is 2.32. The third-order valence-corrected chi connectivity index (χ3v) is 3.17. The molecule has 2 aromatic rings. The highest BCUT2D eigenvalue weighted by Gasteiger charge is 2.16. The molecule has 4 nitrogen and oxygen atoms in total. The smallest absolute Gasteiger partial charge is 0.412 e. The van der Waals surface area contributed by atoms with Crippen LogP contribution in [0.5, 0.6) is 11.5 Å². The first kappa shape index (κ1) is 16.4. The van der Waals surface area contributed by atoms with Gasteiger partial charge in [0.15, 0.2) is 0 Å². The van der Waals surface area contributed by atoms with Gasteiger partial charge in [-0.05, 0) is 67.0 Å². The highest BCUT2D eigenvalue weighted by molar-refractivity contribution is 9.10. The topological polar surface area (TPSA) is 47.6 Å². The van der Waals surface area contributed by atoms with Crippen molar-refractivity contribution in [3.8, 4) is 11.5 Å². The SMILES string of the molecule is CC(C)(C)OC(=O)Nc1ccc(Oc2ccccc2)c(Br)c1. The Balaban J connectivity index is 2.05. The lowest BCUT2D eigenvalue weighted by atomic mass is 10.2. The maximum absolute atomic E-state index is 11.7. The summed E-state index contributed by atoms with van der Waals surface area (Å²) >= 11 is 3.44. The van der Waals surface area contributed by atoms with Crippen molar-refractivity contribution >= 4 is 27.7 Å². The number of carbonyl (C=O) groups excluding carboxylic acids is 1. The largest absolute Gasteiger partial charge is 0.456 e. The Kier molecular flexibility index (Phi) is 5.08. The third kappa shape index (κ3) is 5.07. The summed E-state index contributed by atoms with van der Waals surface area (Å²) in [6, 6.07) is 14.8. The lowest BCUT2D eigenvalue weighted by Gasteiger charge is -2.19. The van der Waals surface area contributed by atoms with Crippen LogP contribution in [-0.4, -0.2) is 11.7 Å². The van der Waals surface area contributed by atoms with Gasteiger partial charge in [-0.2, -0.15) is 0 Å². The minimum absolute atomic E-state index is 0.490. The average molecular weight is 364 g/mol. The molecule has 2 rings (SSSR count). The van der Waals surface area contributed by atoms with Gasteiger partial charge in [-0.3, -0.25) is 5.32 Å². The molecule has 0 saturated heterocycles. The molecule has 0 aliphatic rings. The first-order chi connectivity index (χ1) is 10.3. The molecule has 0 fully saturated rings. The predicted octanol–water partition coefficient (Wildman–Crippen LogP) is 5.59. The van der Waals surface area contributed by atoms with E-state index in [0.29, 0.717) is 11.4 Å². The summed E-state index contributed by atoms with van der Waals surface area (Å²) in [6.45, 7) is 5.46. The van der Waals surface area contributed by atoms with Crippen LogP contribution in [0.3, 0.4) is 0 Å². The Labute approximate surface area is 138 Å². The van der Waals surface area contributed by atoms with Crippen LogP contribution in [-0.2, 0) is 4.74 Å². The van der Waals surface area contributed by atoms with Gasteiger partial charge in [0.2, 0.25) is 0 Å². The number of nitrogens with one attached hydrogen (secondary N) is 1. The summed E-state index contributed by atoms with van der Waals surface area (Å²) in [4.78, 5) is 11.7. The number of ether oxygens (including phenoxy) is 2. The van der Waals surface area contributed by atoms with Gasteiger partial charge in [-0.25, -0.2) is 4.79 Å². The normalized spacial score (nSPS) is 10.9. The standard InChI is InChI=1S/C17H18BrNO3/c1-17(2,3)22-16(20)19-12-9-10-15(14(18)11-12)21-13-7-5-4-6-8-13/h4-11H,1-3H3,(H,19,20). The molecular weight excluding hydrogens is 346 g/mol. The van der Waals surface area contributed by atoms with E-state index >= 15 is 0 Å². The van der Waals surface area contributed by atoms with E-state index in [1.807, 2.05) is 51.1 Å². The van der Waals surface area contributed by atoms with Crippen LogP contribution < -0.4 is 10.1 Å². The molecular formula is C17H18BrNO3. The van der Waals surface area contributed by atoms with Gasteiger partial charge in [0, 0.05) is 5.69 Å². The van der Waals surface area contributed by atoms with E-state index in [9.17, 15) is 4.79 Å². The number of benzene rings is 2. The Morgan fingerprint density at radius 2 is 1.77 bits per heavy atom. The van der Waals surface area contributed by atoms with Crippen LogP contribution in [0.2, 0.25) is 0 Å². The second-order valence-corrected chi connectivity index (χ2v) is 6.54. The molecule has 0 saturated carbocycles. The summed E-state index contributed by atoms with van der Waals surface area (Å²) in [5.74, 6) is 1.41. The van der Waals surface area contributed by atoms with Crippen LogP contribution in [0.25, 0.3) is 0 Å². The van der Waals surface area contributed by atoms with Crippen LogP contribution in [0.15, 0.2) is 53.0 Å². The van der Waals surface area contributed by atoms with Crippen molar-refractivity contribution in [1.82, 2.24) is 0 Å². The quantitative estimate of drug-likeness (QED) is 0.773. The van der Waals surface area contributed by atoms with E-state index in [-0.39, 0.29) is 0 Å². The number of para-hydroxylation sites is 1. The van der Waals surface area contributed by atoms with Crippen molar-refractivity contribution in [2.24, 2.45) is 0 Å². The van der Waals surface area contributed by atoms with Gasteiger partial charge >= 0.3 is 6.09 Å². The predicted molar refractivity (Wildman–Crippen MR) is 90.5 cm³/mol. The zero-order chi connectivity index (χ0) is 16.2. The number of halogens is 1. The van der Waals surface area contributed by atoms with E-state index < -0.39 is 11.7 Å². The Bertz CT molecular complexity index is 651. The average Bonchev–Trinajstić information content (AvgIpc) is 2.41. The van der Waals surface area contributed by atoms with Gasteiger partial charge in [0.25, 0.3) is 0 Å². The van der Waals surface area contributed by atoms with Crippen LogP contribution in [0, 0.1) is 0 Å². The first-order valence-corrected chi connectivity index (χ1v) is 7.65. The van der Waals surface area contributed by atoms with E-state index in [4.69, 9.17) is 9.47 Å². The van der Waals surface area contributed by atoms with E-state index in [1.54, 1.807) is 18.2 Å². The van der Waals surface area contributed by atoms with Crippen molar-refractivity contribution in [2.75, 3.05) is 5.32 Å². The highest BCUT2D eigenvalue weighted by atomic mass is 79.9. The fraction of sp³-hybridized carbons (Fsp3) is 0.235. The molecule has 0 aliphatic heterocycles. The summed E-state index contributed by atoms with van der Waals surface area (Å²) < 4.78 is 11.7. The van der Waals surface area contributed by atoms with Gasteiger partial charge in [0.05, 0.1) is 4.47 Å². The van der Waals surface area contributed by atoms with Crippen LogP contribution in [0.4, 0.5) is 10.5 Å². The number of carbonyl (C=O) groups is 1. The second kappa shape index (κ2) is 6.83. The minimum Gasteiger partial charge on any atom is -0.456 e. The fourth-order valence-electron chi connectivity index (χ4n) is 1.70. The fourth-order valence-corrected chi connectivity index (χ4v) is 2.16. The van der Waals surface area contributed by atoms with E-state index in [0.717, 1.165) is 10.2 Å². The van der Waals surface area contributed by atoms with E-state index in [1.165, 1.54) is 0 Å². The second-order valence-electron chi connectivity index (χ2n) is 5.69. The Morgan fingerprint density at radius 3 is 2.36 bits per heavy atom. The molecule has 22 heavy (non-hydrogen) atoms. The lowest BCUT2D eigenvalue weighted by molar-refractivity contribution is 0.0636. The number of anilines is 1. The zero-order valence-electron chi connectivity index (χ0n) is 12.7. The van der Waals surface area contributed by atoms with Crippen LogP contribution >= 0.6 is 15.9 Å². The maximum atomic E-state index is 11.7. The summed E-state index contributed by atoms with van der Waals surface area (Å²) in [6.07, 6.45) is -0.490. The molecule has 0 radical (unpaired) electrons. The molecule has 0 heterocycles. The monoisotopic (exact) mass is 363 g/mol. The molecule has 0 atom stereocenters. The Morgan fingerprint density at radius 1 is 1.09 bits per heavy atom. The van der Waals surface area contributed by atoms with Crippen molar-refractivity contribution in [3.63, 3.8) is 0 Å². The number of hydrogen-bond donors (Lipinski definition) is 1. The van der Waals surface area contributed by atoms with Crippen molar-refractivity contribution in [2.45, 2.75) is 26.4 Å². The van der Waals surface area contributed by atoms with Gasteiger partial charge < -0.3 is 9.47 Å². The molecule has 0 aliphatic carbocycles. The molecule has 1 N–H and O–H groups in total. The molecule has 116 valence electrons. The van der Waals surface area contributed by atoms with Crippen molar-refractivity contribution < 1.29 is 14.3 Å². The molecule has 2 aromatic carbocycles. The summed E-state index contributed by atoms with van der Waals surface area (Å²) in [5.41, 5.74) is 0.0963. The number of rotatable bonds is 3. The molecule has 0 bridgehead atoms. The minimum atomic E-state index is -0.530.